The maximum Gasteiger partial charge on any atom is 0.253 e. The van der Waals surface area contributed by atoms with Gasteiger partial charge in [0, 0.05) is 24.7 Å². The fourth-order valence-corrected chi connectivity index (χ4v) is 2.70. The average molecular weight is 276 g/mol. The molecule has 1 aliphatic carbocycles. The fourth-order valence-electron chi connectivity index (χ4n) is 2.70. The molecular weight excluding hydrogens is 256 g/mol. The summed E-state index contributed by atoms with van der Waals surface area (Å²) in [4.78, 5) is 16.2. The van der Waals surface area contributed by atoms with Crippen LogP contribution in [0.25, 0.3) is 0 Å². The Hall–Kier alpha value is -1.62. The highest BCUT2D eigenvalue weighted by Crippen LogP contribution is 2.19. The number of hydrogen-bond donors (Lipinski definition) is 1. The molecule has 1 aromatic heterocycles. The summed E-state index contributed by atoms with van der Waals surface area (Å²) in [5.74, 6) is 0.512. The van der Waals surface area contributed by atoms with Gasteiger partial charge in [-0.05, 0) is 18.9 Å². The largest absolute Gasteiger partial charge is 0.472 e. The van der Waals surface area contributed by atoms with E-state index in [0.717, 1.165) is 25.9 Å². The number of aromatic nitrogens is 1. The van der Waals surface area contributed by atoms with Crippen molar-refractivity contribution in [3.05, 3.63) is 23.9 Å². The van der Waals surface area contributed by atoms with Crippen LogP contribution < -0.4 is 10.1 Å². The maximum absolute atomic E-state index is 12.0. The van der Waals surface area contributed by atoms with E-state index < -0.39 is 0 Å². The molecule has 1 saturated carbocycles. The highest BCUT2D eigenvalue weighted by Gasteiger charge is 2.19. The number of ether oxygens (including phenoxy) is 2. The number of carbonyl (C=O) groups excluding carboxylic acids is 1. The maximum atomic E-state index is 12.0. The first-order valence-electron chi connectivity index (χ1n) is 7.32. The van der Waals surface area contributed by atoms with Crippen molar-refractivity contribution >= 4 is 5.91 Å². The smallest absolute Gasteiger partial charge is 0.253 e. The van der Waals surface area contributed by atoms with Gasteiger partial charge in [-0.15, -0.1) is 0 Å². The van der Waals surface area contributed by atoms with Crippen molar-refractivity contribution in [1.29, 1.82) is 0 Å². The zero-order valence-electron chi connectivity index (χ0n) is 11.5. The summed E-state index contributed by atoms with van der Waals surface area (Å²) in [7, 11) is 0. The Labute approximate surface area is 118 Å². The van der Waals surface area contributed by atoms with Crippen LogP contribution in [-0.4, -0.2) is 36.3 Å². The van der Waals surface area contributed by atoms with E-state index in [1.807, 2.05) is 0 Å². The molecule has 1 unspecified atom stereocenters. The summed E-state index contributed by atoms with van der Waals surface area (Å²) in [6.07, 6.45) is 7.14. The van der Waals surface area contributed by atoms with Gasteiger partial charge in [0.2, 0.25) is 5.88 Å². The average Bonchev–Trinajstić information content (AvgIpc) is 3.13. The topological polar surface area (TPSA) is 60.5 Å². The lowest BCUT2D eigenvalue weighted by Crippen LogP contribution is -2.32. The van der Waals surface area contributed by atoms with Gasteiger partial charge in [0.15, 0.2) is 0 Å². The van der Waals surface area contributed by atoms with Gasteiger partial charge in [0.25, 0.3) is 5.91 Å². The highest BCUT2D eigenvalue weighted by atomic mass is 16.5. The Balaban J connectivity index is 1.55. The van der Waals surface area contributed by atoms with Crippen molar-refractivity contribution in [2.24, 2.45) is 0 Å². The predicted octanol–water partition coefficient (Wildman–Crippen LogP) is 1.92. The van der Waals surface area contributed by atoms with E-state index in [9.17, 15) is 4.79 Å². The molecule has 1 N–H and O–H groups in total. The van der Waals surface area contributed by atoms with Gasteiger partial charge in [-0.2, -0.15) is 0 Å². The molecule has 1 aliphatic heterocycles. The molecule has 2 heterocycles. The van der Waals surface area contributed by atoms with Crippen molar-refractivity contribution < 1.29 is 14.3 Å². The lowest BCUT2D eigenvalue weighted by molar-refractivity contribution is 0.0937. The third-order valence-electron chi connectivity index (χ3n) is 3.86. The summed E-state index contributed by atoms with van der Waals surface area (Å²) in [6, 6.07) is 3.85. The molecule has 1 amide bonds. The van der Waals surface area contributed by atoms with Crippen LogP contribution in [0.5, 0.6) is 5.88 Å². The molecule has 1 saturated heterocycles. The monoisotopic (exact) mass is 276 g/mol. The van der Waals surface area contributed by atoms with Gasteiger partial charge >= 0.3 is 0 Å². The van der Waals surface area contributed by atoms with Gasteiger partial charge in [0.05, 0.1) is 18.8 Å². The van der Waals surface area contributed by atoms with Crippen LogP contribution in [-0.2, 0) is 4.74 Å². The molecule has 5 heteroatoms. The Morgan fingerprint density at radius 2 is 2.15 bits per heavy atom. The SMILES string of the molecule is O=C(NC1CCCC1)c1ccc(OC2CCOC2)nc1. The molecular formula is C15H20N2O3. The quantitative estimate of drug-likeness (QED) is 0.912. The third kappa shape index (κ3) is 3.28. The summed E-state index contributed by atoms with van der Waals surface area (Å²) < 4.78 is 10.9. The van der Waals surface area contributed by atoms with Gasteiger partial charge in [-0.3, -0.25) is 4.79 Å². The normalized spacial score (nSPS) is 22.9. The molecule has 0 aromatic carbocycles. The van der Waals surface area contributed by atoms with Gasteiger partial charge < -0.3 is 14.8 Å². The standard InChI is InChI=1S/C15H20N2O3/c18-15(17-12-3-1-2-4-12)11-5-6-14(16-9-11)20-13-7-8-19-10-13/h5-6,9,12-13H,1-4,7-8,10H2,(H,17,18). The number of carbonyl (C=O) groups is 1. The molecule has 2 fully saturated rings. The third-order valence-corrected chi connectivity index (χ3v) is 3.86. The zero-order chi connectivity index (χ0) is 13.8. The second-order valence-corrected chi connectivity index (χ2v) is 5.44. The molecule has 0 bridgehead atoms. The van der Waals surface area contributed by atoms with E-state index in [4.69, 9.17) is 9.47 Å². The molecule has 20 heavy (non-hydrogen) atoms. The first-order valence-corrected chi connectivity index (χ1v) is 7.32. The number of hydrogen-bond acceptors (Lipinski definition) is 4. The van der Waals surface area contributed by atoms with Crippen molar-refractivity contribution in [3.63, 3.8) is 0 Å². The summed E-state index contributed by atoms with van der Waals surface area (Å²) >= 11 is 0. The van der Waals surface area contributed by atoms with Gasteiger partial charge in [-0.1, -0.05) is 12.8 Å². The summed E-state index contributed by atoms with van der Waals surface area (Å²) in [5.41, 5.74) is 0.590. The van der Waals surface area contributed by atoms with Crippen LogP contribution in [0.3, 0.4) is 0 Å². The number of rotatable bonds is 4. The van der Waals surface area contributed by atoms with Crippen LogP contribution >= 0.6 is 0 Å². The van der Waals surface area contributed by atoms with E-state index >= 15 is 0 Å². The van der Waals surface area contributed by atoms with Crippen molar-refractivity contribution in [3.8, 4) is 5.88 Å². The lowest BCUT2D eigenvalue weighted by Gasteiger charge is -2.13. The second kappa shape index (κ2) is 6.22. The Morgan fingerprint density at radius 3 is 2.80 bits per heavy atom. The molecule has 1 aromatic rings. The molecule has 1 atom stereocenters. The number of nitrogens with zero attached hydrogens (tertiary/aromatic N) is 1. The summed E-state index contributed by atoms with van der Waals surface area (Å²) in [6.45, 7) is 1.36. The Morgan fingerprint density at radius 1 is 1.30 bits per heavy atom. The molecule has 108 valence electrons. The van der Waals surface area contributed by atoms with Crippen molar-refractivity contribution in [2.75, 3.05) is 13.2 Å². The van der Waals surface area contributed by atoms with E-state index in [0.29, 0.717) is 24.1 Å². The van der Waals surface area contributed by atoms with E-state index in [-0.39, 0.29) is 12.0 Å². The van der Waals surface area contributed by atoms with Crippen LogP contribution in [0.1, 0.15) is 42.5 Å². The second-order valence-electron chi connectivity index (χ2n) is 5.44. The molecule has 5 nitrogen and oxygen atoms in total. The molecule has 0 spiro atoms. The fraction of sp³-hybridized carbons (Fsp3) is 0.600. The minimum Gasteiger partial charge on any atom is -0.472 e. The number of pyridine rings is 1. The first kappa shape index (κ1) is 13.4. The molecule has 2 aliphatic rings. The van der Waals surface area contributed by atoms with E-state index in [1.165, 1.54) is 12.8 Å². The summed E-state index contributed by atoms with van der Waals surface area (Å²) in [5, 5.41) is 3.05. The Kier molecular flexibility index (Phi) is 4.16. The van der Waals surface area contributed by atoms with E-state index in [1.54, 1.807) is 18.3 Å². The first-order chi connectivity index (χ1) is 9.81. The van der Waals surface area contributed by atoms with E-state index in [2.05, 4.69) is 10.3 Å². The highest BCUT2D eigenvalue weighted by molar-refractivity contribution is 5.94. The predicted molar refractivity (Wildman–Crippen MR) is 73.8 cm³/mol. The lowest BCUT2D eigenvalue weighted by atomic mass is 10.2. The van der Waals surface area contributed by atoms with Crippen molar-refractivity contribution in [1.82, 2.24) is 10.3 Å². The number of nitrogens with one attached hydrogen (secondary N) is 1. The van der Waals surface area contributed by atoms with Crippen LogP contribution in [0.2, 0.25) is 0 Å². The minimum absolute atomic E-state index is 0.0415. The van der Waals surface area contributed by atoms with Crippen LogP contribution in [0, 0.1) is 0 Å². The Bertz CT molecular complexity index is 449. The van der Waals surface area contributed by atoms with Crippen LogP contribution in [0.4, 0.5) is 0 Å². The van der Waals surface area contributed by atoms with Crippen molar-refractivity contribution in [2.45, 2.75) is 44.2 Å². The zero-order valence-corrected chi connectivity index (χ0v) is 11.5. The van der Waals surface area contributed by atoms with Gasteiger partial charge in [0.1, 0.15) is 6.10 Å². The van der Waals surface area contributed by atoms with Crippen LogP contribution in [0.15, 0.2) is 18.3 Å². The molecule has 0 radical (unpaired) electrons. The number of amides is 1. The minimum atomic E-state index is -0.0415. The van der Waals surface area contributed by atoms with Gasteiger partial charge in [-0.25, -0.2) is 4.98 Å². The molecule has 3 rings (SSSR count).